The van der Waals surface area contributed by atoms with E-state index in [0.29, 0.717) is 5.92 Å². The minimum absolute atomic E-state index is 0.125. The number of hydrogen-bond donors (Lipinski definition) is 2. The van der Waals surface area contributed by atoms with Gasteiger partial charge in [-0.1, -0.05) is 46.5 Å². The fraction of sp³-hybridized carbons (Fsp3) is 1.00. The summed E-state index contributed by atoms with van der Waals surface area (Å²) in [6, 6.07) is 0. The zero-order chi connectivity index (χ0) is 11.7. The van der Waals surface area contributed by atoms with Crippen molar-refractivity contribution in [3.05, 3.63) is 0 Å². The molecule has 2 heteroatoms. The molecule has 0 saturated heterocycles. The second-order valence-corrected chi connectivity index (χ2v) is 5.21. The van der Waals surface area contributed by atoms with Gasteiger partial charge in [0.15, 0.2) is 0 Å². The maximum Gasteiger partial charge on any atom is 0.0509 e. The van der Waals surface area contributed by atoms with E-state index in [0.717, 1.165) is 25.7 Å². The summed E-state index contributed by atoms with van der Waals surface area (Å²) in [4.78, 5) is 0. The highest BCUT2D eigenvalue weighted by Gasteiger charge is 2.27. The highest BCUT2D eigenvalue weighted by Crippen LogP contribution is 2.31. The van der Waals surface area contributed by atoms with Gasteiger partial charge >= 0.3 is 0 Å². The molecule has 0 aliphatic carbocycles. The van der Waals surface area contributed by atoms with E-state index < -0.39 is 0 Å². The molecule has 92 valence electrons. The Morgan fingerprint density at radius 3 is 2.00 bits per heavy atom. The molecule has 0 spiro atoms. The number of unbranched alkanes of at least 4 members (excludes halogenated alkanes) is 2. The van der Waals surface area contributed by atoms with E-state index in [-0.39, 0.29) is 18.6 Å². The molecule has 0 atom stereocenters. The largest absolute Gasteiger partial charge is 0.396 e. The molecular formula is C13H28O2. The Bertz CT molecular complexity index is 139. The number of rotatable bonds is 9. The third-order valence-electron chi connectivity index (χ3n) is 3.23. The van der Waals surface area contributed by atoms with Crippen LogP contribution in [0.4, 0.5) is 0 Å². The van der Waals surface area contributed by atoms with Crippen LogP contribution >= 0.6 is 0 Å². The highest BCUT2D eigenvalue weighted by molar-refractivity contribution is 4.78. The molecule has 0 radical (unpaired) electrons. The standard InChI is InChI=1S/C13H28O2/c1-4-5-6-8-13(10-14,11-15)9-7-12(2)3/h12,14-15H,4-11H2,1-3H3. The summed E-state index contributed by atoms with van der Waals surface area (Å²) in [7, 11) is 0. The van der Waals surface area contributed by atoms with Crippen LogP contribution in [-0.2, 0) is 0 Å². The molecule has 0 aliphatic heterocycles. The Labute approximate surface area is 94.7 Å². The van der Waals surface area contributed by atoms with Crippen LogP contribution in [0.25, 0.3) is 0 Å². The molecule has 0 fully saturated rings. The summed E-state index contributed by atoms with van der Waals surface area (Å²) < 4.78 is 0. The molecule has 0 aliphatic rings. The van der Waals surface area contributed by atoms with Gasteiger partial charge in [0, 0.05) is 5.41 Å². The fourth-order valence-electron chi connectivity index (χ4n) is 1.84. The summed E-state index contributed by atoms with van der Waals surface area (Å²) in [5, 5.41) is 18.9. The first-order valence-corrected chi connectivity index (χ1v) is 6.32. The van der Waals surface area contributed by atoms with E-state index >= 15 is 0 Å². The van der Waals surface area contributed by atoms with Gasteiger partial charge in [0.1, 0.15) is 0 Å². The molecule has 15 heavy (non-hydrogen) atoms. The number of hydrogen-bond acceptors (Lipinski definition) is 2. The third kappa shape index (κ3) is 6.16. The minimum atomic E-state index is -0.223. The summed E-state index contributed by atoms with van der Waals surface area (Å²) in [5.74, 6) is 0.647. The van der Waals surface area contributed by atoms with Gasteiger partial charge in [-0.3, -0.25) is 0 Å². The van der Waals surface area contributed by atoms with Gasteiger partial charge in [0.25, 0.3) is 0 Å². The molecule has 0 aromatic rings. The number of aliphatic hydroxyl groups excluding tert-OH is 2. The van der Waals surface area contributed by atoms with Gasteiger partial charge in [0.05, 0.1) is 13.2 Å². The van der Waals surface area contributed by atoms with Gasteiger partial charge in [0.2, 0.25) is 0 Å². The molecule has 0 bridgehead atoms. The summed E-state index contributed by atoms with van der Waals surface area (Å²) >= 11 is 0. The monoisotopic (exact) mass is 216 g/mol. The van der Waals surface area contributed by atoms with Crippen molar-refractivity contribution in [2.75, 3.05) is 13.2 Å². The van der Waals surface area contributed by atoms with Gasteiger partial charge < -0.3 is 10.2 Å². The Morgan fingerprint density at radius 2 is 1.60 bits per heavy atom. The van der Waals surface area contributed by atoms with Crippen molar-refractivity contribution in [1.82, 2.24) is 0 Å². The van der Waals surface area contributed by atoms with Crippen LogP contribution in [0.1, 0.15) is 59.3 Å². The Kier molecular flexibility index (Phi) is 8.07. The lowest BCUT2D eigenvalue weighted by Crippen LogP contribution is -2.30. The van der Waals surface area contributed by atoms with Crippen LogP contribution in [0.3, 0.4) is 0 Å². The molecule has 0 aromatic heterocycles. The van der Waals surface area contributed by atoms with Crippen molar-refractivity contribution in [3.63, 3.8) is 0 Å². The Hall–Kier alpha value is -0.0800. The van der Waals surface area contributed by atoms with E-state index in [9.17, 15) is 10.2 Å². The van der Waals surface area contributed by atoms with Crippen LogP contribution in [0.5, 0.6) is 0 Å². The highest BCUT2D eigenvalue weighted by atomic mass is 16.3. The van der Waals surface area contributed by atoms with Gasteiger partial charge in [-0.2, -0.15) is 0 Å². The molecule has 0 heterocycles. The van der Waals surface area contributed by atoms with Gasteiger partial charge in [-0.15, -0.1) is 0 Å². The molecule has 2 nitrogen and oxygen atoms in total. The van der Waals surface area contributed by atoms with Gasteiger partial charge in [-0.05, 0) is 18.8 Å². The third-order valence-corrected chi connectivity index (χ3v) is 3.23. The van der Waals surface area contributed by atoms with E-state index in [1.807, 2.05) is 0 Å². The molecule has 0 rings (SSSR count). The minimum Gasteiger partial charge on any atom is -0.396 e. The maximum absolute atomic E-state index is 9.43. The Balaban J connectivity index is 4.05. The average Bonchev–Trinajstić information content (AvgIpc) is 2.23. The zero-order valence-corrected chi connectivity index (χ0v) is 10.6. The summed E-state index contributed by atoms with van der Waals surface area (Å²) in [6.45, 7) is 6.80. The van der Waals surface area contributed by atoms with E-state index in [2.05, 4.69) is 20.8 Å². The maximum atomic E-state index is 9.43. The van der Waals surface area contributed by atoms with Crippen LogP contribution in [0.15, 0.2) is 0 Å². The van der Waals surface area contributed by atoms with Crippen LogP contribution in [-0.4, -0.2) is 23.4 Å². The second-order valence-electron chi connectivity index (χ2n) is 5.21. The normalized spacial score (nSPS) is 12.4. The molecule has 2 N–H and O–H groups in total. The molecule has 0 unspecified atom stereocenters. The first-order valence-electron chi connectivity index (χ1n) is 6.32. The van der Waals surface area contributed by atoms with Crippen molar-refractivity contribution in [2.45, 2.75) is 59.3 Å². The van der Waals surface area contributed by atoms with E-state index in [1.165, 1.54) is 12.8 Å². The Morgan fingerprint density at radius 1 is 1.00 bits per heavy atom. The lowest BCUT2D eigenvalue weighted by atomic mass is 9.78. The first-order chi connectivity index (χ1) is 7.10. The van der Waals surface area contributed by atoms with Crippen molar-refractivity contribution < 1.29 is 10.2 Å². The molecular weight excluding hydrogens is 188 g/mol. The smallest absolute Gasteiger partial charge is 0.0509 e. The van der Waals surface area contributed by atoms with Gasteiger partial charge in [-0.25, -0.2) is 0 Å². The van der Waals surface area contributed by atoms with E-state index in [1.54, 1.807) is 0 Å². The van der Waals surface area contributed by atoms with E-state index in [4.69, 9.17) is 0 Å². The van der Waals surface area contributed by atoms with Crippen LogP contribution in [0.2, 0.25) is 0 Å². The predicted octanol–water partition coefficient (Wildman–Crippen LogP) is 2.97. The zero-order valence-electron chi connectivity index (χ0n) is 10.6. The second kappa shape index (κ2) is 8.12. The SMILES string of the molecule is CCCCCC(CO)(CO)CCC(C)C. The van der Waals surface area contributed by atoms with Crippen LogP contribution < -0.4 is 0 Å². The van der Waals surface area contributed by atoms with Crippen molar-refractivity contribution in [3.8, 4) is 0 Å². The first kappa shape index (κ1) is 14.9. The lowest BCUT2D eigenvalue weighted by molar-refractivity contribution is 0.0333. The fourth-order valence-corrected chi connectivity index (χ4v) is 1.84. The van der Waals surface area contributed by atoms with Crippen molar-refractivity contribution >= 4 is 0 Å². The summed E-state index contributed by atoms with van der Waals surface area (Å²) in [5.41, 5.74) is -0.223. The summed E-state index contributed by atoms with van der Waals surface area (Å²) in [6.07, 6.45) is 6.51. The van der Waals surface area contributed by atoms with Crippen LogP contribution in [0, 0.1) is 11.3 Å². The lowest BCUT2D eigenvalue weighted by Gasteiger charge is -2.30. The molecule has 0 saturated carbocycles. The topological polar surface area (TPSA) is 40.5 Å². The predicted molar refractivity (Wildman–Crippen MR) is 64.8 cm³/mol. The van der Waals surface area contributed by atoms with Crippen molar-refractivity contribution in [1.29, 1.82) is 0 Å². The van der Waals surface area contributed by atoms with Crippen molar-refractivity contribution in [2.24, 2.45) is 11.3 Å². The quantitative estimate of drug-likeness (QED) is 0.582. The number of aliphatic hydroxyl groups is 2. The molecule has 0 amide bonds. The molecule has 0 aromatic carbocycles. The average molecular weight is 216 g/mol.